The van der Waals surface area contributed by atoms with Crippen LogP contribution in [0.5, 0.6) is 0 Å². The van der Waals surface area contributed by atoms with Crippen LogP contribution >= 0.6 is 23.4 Å². The van der Waals surface area contributed by atoms with Gasteiger partial charge in [-0.15, -0.1) is 0 Å². The van der Waals surface area contributed by atoms with Crippen LogP contribution in [0.15, 0.2) is 63.9 Å². The number of carbonyl (C=O) groups is 3. The second-order valence-electron chi connectivity index (χ2n) is 7.37. The van der Waals surface area contributed by atoms with Crippen molar-refractivity contribution >= 4 is 46.6 Å². The molecule has 1 saturated heterocycles. The van der Waals surface area contributed by atoms with Gasteiger partial charge in [0.05, 0.1) is 28.6 Å². The lowest BCUT2D eigenvalue weighted by Crippen LogP contribution is -2.27. The fourth-order valence-electron chi connectivity index (χ4n) is 3.39. The van der Waals surface area contributed by atoms with E-state index in [1.165, 1.54) is 4.90 Å². The molecule has 6 nitrogen and oxygen atoms in total. The number of furan rings is 1. The molecule has 0 radical (unpaired) electrons. The normalized spacial score (nSPS) is 14.9. The standard InChI is InChI=1S/C25H20ClNO5S/c1-3-31-24(29)19-12-17(7-9-20(19)26)21-10-8-18(32-21)13-22-23(28)27(25(30)33-22)14-16-6-4-5-15(2)11-16/h4-13H,3,14H2,1-2H3/b22-13-. The van der Waals surface area contributed by atoms with Gasteiger partial charge in [-0.3, -0.25) is 14.5 Å². The van der Waals surface area contributed by atoms with Gasteiger partial charge in [0.15, 0.2) is 0 Å². The summed E-state index contributed by atoms with van der Waals surface area (Å²) in [6, 6.07) is 16.0. The number of ether oxygens (including phenoxy) is 1. The molecule has 0 N–H and O–H groups in total. The largest absolute Gasteiger partial charge is 0.462 e. The summed E-state index contributed by atoms with van der Waals surface area (Å²) in [7, 11) is 0. The van der Waals surface area contributed by atoms with Crippen molar-refractivity contribution in [3.05, 3.63) is 87.0 Å². The summed E-state index contributed by atoms with van der Waals surface area (Å²) in [5.74, 6) is 0.0279. The van der Waals surface area contributed by atoms with Crippen molar-refractivity contribution in [1.29, 1.82) is 0 Å². The molecule has 168 valence electrons. The van der Waals surface area contributed by atoms with E-state index in [9.17, 15) is 14.4 Å². The highest BCUT2D eigenvalue weighted by Crippen LogP contribution is 2.35. The van der Waals surface area contributed by atoms with E-state index in [1.54, 1.807) is 43.3 Å². The maximum absolute atomic E-state index is 12.8. The predicted molar refractivity (Wildman–Crippen MR) is 128 cm³/mol. The van der Waals surface area contributed by atoms with Gasteiger partial charge in [-0.05, 0) is 61.5 Å². The van der Waals surface area contributed by atoms with Crippen molar-refractivity contribution in [2.24, 2.45) is 0 Å². The van der Waals surface area contributed by atoms with Crippen molar-refractivity contribution in [3.63, 3.8) is 0 Å². The molecule has 2 aromatic carbocycles. The fourth-order valence-corrected chi connectivity index (χ4v) is 4.40. The molecule has 0 bridgehead atoms. The number of carbonyl (C=O) groups excluding carboxylic acids is 3. The van der Waals surface area contributed by atoms with Crippen LogP contribution < -0.4 is 0 Å². The minimum absolute atomic E-state index is 0.217. The molecule has 2 heterocycles. The third-order valence-electron chi connectivity index (χ3n) is 4.94. The molecule has 1 fully saturated rings. The Kier molecular flexibility index (Phi) is 6.72. The summed E-state index contributed by atoms with van der Waals surface area (Å²) < 4.78 is 10.9. The SMILES string of the molecule is CCOC(=O)c1cc(-c2ccc(/C=C3\SC(=O)N(Cc4cccc(C)c4)C3=O)o2)ccc1Cl. The number of hydrogen-bond acceptors (Lipinski definition) is 6. The maximum atomic E-state index is 12.8. The van der Waals surface area contributed by atoms with Gasteiger partial charge in [-0.1, -0.05) is 41.4 Å². The molecule has 3 aromatic rings. The van der Waals surface area contributed by atoms with E-state index in [4.69, 9.17) is 20.8 Å². The lowest BCUT2D eigenvalue weighted by molar-refractivity contribution is -0.123. The molecule has 0 saturated carbocycles. The molecule has 0 spiro atoms. The molecule has 2 amide bonds. The number of benzene rings is 2. The Labute approximate surface area is 200 Å². The molecule has 1 aromatic heterocycles. The molecule has 1 aliphatic heterocycles. The summed E-state index contributed by atoms with van der Waals surface area (Å²) in [6.45, 7) is 4.14. The van der Waals surface area contributed by atoms with E-state index in [2.05, 4.69) is 0 Å². The first-order valence-electron chi connectivity index (χ1n) is 10.2. The first-order chi connectivity index (χ1) is 15.9. The Morgan fingerprint density at radius 1 is 1.15 bits per heavy atom. The fraction of sp³-hybridized carbons (Fsp3) is 0.160. The average molecular weight is 482 g/mol. The number of rotatable bonds is 6. The van der Waals surface area contributed by atoms with Crippen LogP contribution in [0.25, 0.3) is 17.4 Å². The Hall–Kier alpha value is -3.29. The van der Waals surface area contributed by atoms with Crippen LogP contribution in [0, 0.1) is 6.92 Å². The van der Waals surface area contributed by atoms with Gasteiger partial charge in [-0.25, -0.2) is 4.79 Å². The van der Waals surface area contributed by atoms with Crippen molar-refractivity contribution in [2.45, 2.75) is 20.4 Å². The number of imide groups is 1. The third kappa shape index (κ3) is 5.05. The molecule has 0 atom stereocenters. The quantitative estimate of drug-likeness (QED) is 0.303. The Morgan fingerprint density at radius 3 is 2.73 bits per heavy atom. The van der Waals surface area contributed by atoms with Crippen LogP contribution in [0.4, 0.5) is 4.79 Å². The molecule has 33 heavy (non-hydrogen) atoms. The van der Waals surface area contributed by atoms with E-state index in [-0.39, 0.29) is 39.8 Å². The predicted octanol–water partition coefficient (Wildman–Crippen LogP) is 6.32. The molecular formula is C25H20ClNO5S. The zero-order chi connectivity index (χ0) is 23.5. The second-order valence-corrected chi connectivity index (χ2v) is 8.77. The van der Waals surface area contributed by atoms with Gasteiger partial charge in [0.2, 0.25) is 0 Å². The zero-order valence-electron chi connectivity index (χ0n) is 18.0. The van der Waals surface area contributed by atoms with Crippen molar-refractivity contribution in [1.82, 2.24) is 4.90 Å². The maximum Gasteiger partial charge on any atom is 0.339 e. The smallest absolute Gasteiger partial charge is 0.339 e. The first kappa shape index (κ1) is 22.9. The first-order valence-corrected chi connectivity index (χ1v) is 11.4. The highest BCUT2D eigenvalue weighted by Gasteiger charge is 2.35. The number of aryl methyl sites for hydroxylation is 1. The van der Waals surface area contributed by atoms with E-state index in [0.717, 1.165) is 22.9 Å². The molecular weight excluding hydrogens is 462 g/mol. The van der Waals surface area contributed by atoms with Crippen LogP contribution in [-0.4, -0.2) is 28.6 Å². The van der Waals surface area contributed by atoms with Crippen molar-refractivity contribution in [2.75, 3.05) is 6.61 Å². The van der Waals surface area contributed by atoms with E-state index < -0.39 is 5.97 Å². The van der Waals surface area contributed by atoms with Crippen molar-refractivity contribution in [3.8, 4) is 11.3 Å². The molecule has 1 aliphatic rings. The summed E-state index contributed by atoms with van der Waals surface area (Å²) >= 11 is 7.00. The van der Waals surface area contributed by atoms with Gasteiger partial charge in [0, 0.05) is 11.6 Å². The molecule has 0 unspecified atom stereocenters. The van der Waals surface area contributed by atoms with Crippen molar-refractivity contribution < 1.29 is 23.5 Å². The summed E-state index contributed by atoms with van der Waals surface area (Å²) in [5.41, 5.74) is 2.83. The van der Waals surface area contributed by atoms with Crippen LogP contribution in [0.3, 0.4) is 0 Å². The number of thioether (sulfide) groups is 1. The number of hydrogen-bond donors (Lipinski definition) is 0. The van der Waals surface area contributed by atoms with E-state index >= 15 is 0 Å². The molecule has 0 aliphatic carbocycles. The minimum Gasteiger partial charge on any atom is -0.462 e. The van der Waals surface area contributed by atoms with Gasteiger partial charge in [0.25, 0.3) is 11.1 Å². The number of halogens is 1. The molecule has 4 rings (SSSR count). The van der Waals surface area contributed by atoms with E-state index in [1.807, 2.05) is 31.2 Å². The average Bonchev–Trinajstić information content (AvgIpc) is 3.35. The Bertz CT molecular complexity index is 1280. The molecule has 8 heteroatoms. The number of esters is 1. The summed E-state index contributed by atoms with van der Waals surface area (Å²) in [5, 5.41) is -0.0393. The zero-order valence-corrected chi connectivity index (χ0v) is 19.5. The Balaban J connectivity index is 1.54. The number of amides is 2. The summed E-state index contributed by atoms with van der Waals surface area (Å²) in [4.78, 5) is 38.9. The second kappa shape index (κ2) is 9.68. The lowest BCUT2D eigenvalue weighted by Gasteiger charge is -2.12. The van der Waals surface area contributed by atoms with Gasteiger partial charge in [0.1, 0.15) is 11.5 Å². The van der Waals surface area contributed by atoms with Gasteiger partial charge < -0.3 is 9.15 Å². The monoisotopic (exact) mass is 481 g/mol. The summed E-state index contributed by atoms with van der Waals surface area (Å²) in [6.07, 6.45) is 1.55. The van der Waals surface area contributed by atoms with Gasteiger partial charge in [-0.2, -0.15) is 0 Å². The number of nitrogens with zero attached hydrogens (tertiary/aromatic N) is 1. The highest BCUT2D eigenvalue weighted by molar-refractivity contribution is 8.18. The minimum atomic E-state index is -0.515. The van der Waals surface area contributed by atoms with Crippen LogP contribution in [-0.2, 0) is 16.1 Å². The highest BCUT2D eigenvalue weighted by atomic mass is 35.5. The Morgan fingerprint density at radius 2 is 1.97 bits per heavy atom. The topological polar surface area (TPSA) is 76.8 Å². The van der Waals surface area contributed by atoms with Crippen LogP contribution in [0.1, 0.15) is 34.2 Å². The van der Waals surface area contributed by atoms with Gasteiger partial charge >= 0.3 is 5.97 Å². The van der Waals surface area contributed by atoms with E-state index in [0.29, 0.717) is 17.1 Å². The lowest BCUT2D eigenvalue weighted by atomic mass is 10.1. The third-order valence-corrected chi connectivity index (χ3v) is 6.18. The van der Waals surface area contributed by atoms with Crippen LogP contribution in [0.2, 0.25) is 5.02 Å².